The maximum atomic E-state index is 5.94. The van der Waals surface area contributed by atoms with Crippen LogP contribution in [0.5, 0.6) is 0 Å². The largest absolute Gasteiger partial charge is 0.377 e. The minimum Gasteiger partial charge on any atom is -0.377 e. The van der Waals surface area contributed by atoms with E-state index in [0.29, 0.717) is 5.17 Å². The van der Waals surface area contributed by atoms with Crippen molar-refractivity contribution in [3.63, 3.8) is 0 Å². The van der Waals surface area contributed by atoms with Crippen molar-refractivity contribution in [2.24, 2.45) is 15.9 Å². The van der Waals surface area contributed by atoms with Crippen molar-refractivity contribution in [2.45, 2.75) is 39.0 Å². The molecule has 0 amide bonds. The number of hydrogen-bond donors (Lipinski definition) is 1. The number of rotatable bonds is 10. The van der Waals surface area contributed by atoms with E-state index >= 15 is 0 Å². The van der Waals surface area contributed by atoms with Crippen LogP contribution in [0.4, 0.5) is 0 Å². The summed E-state index contributed by atoms with van der Waals surface area (Å²) in [4.78, 5) is 2.47. The zero-order valence-corrected chi connectivity index (χ0v) is 17.2. The SMILES string of the molecule is CCCCN(CC)Cc1cccc(C=NN=C(N)SCc2ccccc2)c1. The van der Waals surface area contributed by atoms with Gasteiger partial charge in [-0.15, -0.1) is 5.10 Å². The molecule has 0 aliphatic heterocycles. The topological polar surface area (TPSA) is 54.0 Å². The van der Waals surface area contributed by atoms with Crippen LogP contribution in [0.3, 0.4) is 0 Å². The molecule has 2 aromatic carbocycles. The third-order valence-corrected chi connectivity index (χ3v) is 5.08. The van der Waals surface area contributed by atoms with Crippen LogP contribution in [0.2, 0.25) is 0 Å². The van der Waals surface area contributed by atoms with Crippen LogP contribution in [-0.4, -0.2) is 29.4 Å². The van der Waals surface area contributed by atoms with E-state index < -0.39 is 0 Å². The molecule has 0 spiro atoms. The van der Waals surface area contributed by atoms with Gasteiger partial charge in [-0.3, -0.25) is 4.90 Å². The number of amidine groups is 1. The van der Waals surface area contributed by atoms with Crippen LogP contribution in [-0.2, 0) is 12.3 Å². The van der Waals surface area contributed by atoms with Gasteiger partial charge in [0, 0.05) is 12.3 Å². The molecule has 0 heterocycles. The summed E-state index contributed by atoms with van der Waals surface area (Å²) < 4.78 is 0. The lowest BCUT2D eigenvalue weighted by Crippen LogP contribution is -2.23. The van der Waals surface area contributed by atoms with Gasteiger partial charge in [0.05, 0.1) is 6.21 Å². The molecular weight excluding hydrogens is 352 g/mol. The normalized spacial score (nSPS) is 12.2. The van der Waals surface area contributed by atoms with Gasteiger partial charge in [-0.25, -0.2) is 0 Å². The number of thioether (sulfide) groups is 1. The summed E-state index contributed by atoms with van der Waals surface area (Å²) in [5, 5.41) is 8.72. The quantitative estimate of drug-likeness (QED) is 0.361. The van der Waals surface area contributed by atoms with E-state index in [1.807, 2.05) is 24.3 Å². The van der Waals surface area contributed by atoms with Gasteiger partial charge >= 0.3 is 0 Å². The number of nitrogens with zero attached hydrogens (tertiary/aromatic N) is 3. The Balaban J connectivity index is 1.88. The molecule has 0 saturated carbocycles. The van der Waals surface area contributed by atoms with Crippen LogP contribution < -0.4 is 5.73 Å². The van der Waals surface area contributed by atoms with Gasteiger partial charge in [-0.05, 0) is 42.3 Å². The zero-order valence-electron chi connectivity index (χ0n) is 16.3. The monoisotopic (exact) mass is 382 g/mol. The van der Waals surface area contributed by atoms with E-state index in [4.69, 9.17) is 5.73 Å². The van der Waals surface area contributed by atoms with Gasteiger partial charge in [0.2, 0.25) is 0 Å². The summed E-state index contributed by atoms with van der Waals surface area (Å²) in [7, 11) is 0. The van der Waals surface area contributed by atoms with Crippen LogP contribution >= 0.6 is 11.8 Å². The van der Waals surface area contributed by atoms with Gasteiger partial charge in [0.25, 0.3) is 0 Å². The number of nitrogens with two attached hydrogens (primary N) is 1. The second kappa shape index (κ2) is 12.3. The molecule has 5 heteroatoms. The van der Waals surface area contributed by atoms with Crippen molar-refractivity contribution < 1.29 is 0 Å². The lowest BCUT2D eigenvalue weighted by molar-refractivity contribution is 0.275. The van der Waals surface area contributed by atoms with Crippen molar-refractivity contribution in [2.75, 3.05) is 13.1 Å². The fourth-order valence-corrected chi connectivity index (χ4v) is 3.29. The highest BCUT2D eigenvalue weighted by atomic mass is 32.2. The van der Waals surface area contributed by atoms with Crippen molar-refractivity contribution >= 4 is 23.1 Å². The fourth-order valence-electron chi connectivity index (χ4n) is 2.67. The smallest absolute Gasteiger partial charge is 0.180 e. The van der Waals surface area contributed by atoms with E-state index in [2.05, 4.69) is 59.3 Å². The van der Waals surface area contributed by atoms with E-state index in [0.717, 1.165) is 31.0 Å². The van der Waals surface area contributed by atoms with E-state index in [1.165, 1.54) is 35.7 Å². The Morgan fingerprint density at radius 1 is 1.07 bits per heavy atom. The zero-order chi connectivity index (χ0) is 19.3. The minimum atomic E-state index is 0.475. The summed E-state index contributed by atoms with van der Waals surface area (Å²) >= 11 is 1.49. The van der Waals surface area contributed by atoms with Crippen molar-refractivity contribution in [3.05, 3.63) is 71.3 Å². The van der Waals surface area contributed by atoms with Gasteiger partial charge in [-0.1, -0.05) is 80.6 Å². The molecule has 2 N–H and O–H groups in total. The molecule has 0 atom stereocenters. The number of benzene rings is 2. The first-order chi connectivity index (χ1) is 13.2. The first-order valence-corrected chi connectivity index (χ1v) is 10.5. The van der Waals surface area contributed by atoms with Crippen LogP contribution in [0.15, 0.2) is 64.8 Å². The third-order valence-electron chi connectivity index (χ3n) is 4.22. The van der Waals surface area contributed by atoms with E-state index in [9.17, 15) is 0 Å². The predicted molar refractivity (Wildman–Crippen MR) is 119 cm³/mol. The molecule has 4 nitrogen and oxygen atoms in total. The third kappa shape index (κ3) is 8.41. The molecule has 0 saturated heterocycles. The Morgan fingerprint density at radius 3 is 2.59 bits per heavy atom. The van der Waals surface area contributed by atoms with E-state index in [-0.39, 0.29) is 0 Å². The first-order valence-electron chi connectivity index (χ1n) is 9.55. The number of hydrogen-bond acceptors (Lipinski definition) is 4. The second-order valence-electron chi connectivity index (χ2n) is 6.42. The first kappa shape index (κ1) is 21.2. The fraction of sp³-hybridized carbons (Fsp3) is 0.364. The minimum absolute atomic E-state index is 0.475. The Kier molecular flexibility index (Phi) is 9.66. The number of unbranched alkanes of at least 4 members (excludes halogenated alkanes) is 1. The molecule has 0 aliphatic carbocycles. The summed E-state index contributed by atoms with van der Waals surface area (Å²) in [5.74, 6) is 0.797. The Morgan fingerprint density at radius 2 is 1.85 bits per heavy atom. The highest BCUT2D eigenvalue weighted by Crippen LogP contribution is 2.12. The Hall–Kier alpha value is -2.11. The molecule has 0 bridgehead atoms. The molecule has 0 aromatic heterocycles. The standard InChI is InChI=1S/C22H30N4S/c1-3-5-14-26(4-2)17-21-13-9-12-20(15-21)16-24-25-22(23)27-18-19-10-7-6-8-11-19/h6-13,15-16H,3-5,14,17-18H2,1-2H3,(H2,23,25). The van der Waals surface area contributed by atoms with Crippen molar-refractivity contribution in [1.82, 2.24) is 4.90 Å². The van der Waals surface area contributed by atoms with E-state index in [1.54, 1.807) is 6.21 Å². The molecule has 0 unspecified atom stereocenters. The molecule has 2 aromatic rings. The van der Waals surface area contributed by atoms with Crippen molar-refractivity contribution in [3.8, 4) is 0 Å². The lowest BCUT2D eigenvalue weighted by atomic mass is 10.1. The van der Waals surface area contributed by atoms with Crippen LogP contribution in [0.25, 0.3) is 0 Å². The summed E-state index contributed by atoms with van der Waals surface area (Å²) in [6, 6.07) is 18.7. The highest BCUT2D eigenvalue weighted by Gasteiger charge is 2.03. The molecular formula is C22H30N4S. The van der Waals surface area contributed by atoms with Crippen LogP contribution in [0, 0.1) is 0 Å². The van der Waals surface area contributed by atoms with Gasteiger partial charge in [0.1, 0.15) is 0 Å². The highest BCUT2D eigenvalue weighted by molar-refractivity contribution is 8.13. The molecule has 27 heavy (non-hydrogen) atoms. The Bertz CT molecular complexity index is 728. The van der Waals surface area contributed by atoms with Crippen molar-refractivity contribution in [1.29, 1.82) is 0 Å². The summed E-state index contributed by atoms with van der Waals surface area (Å²) in [5.41, 5.74) is 9.51. The molecule has 2 rings (SSSR count). The van der Waals surface area contributed by atoms with Gasteiger partial charge in [-0.2, -0.15) is 5.10 Å². The second-order valence-corrected chi connectivity index (χ2v) is 7.42. The summed E-state index contributed by atoms with van der Waals surface area (Å²) in [6.45, 7) is 7.62. The molecule has 144 valence electrons. The Labute approximate surface area is 167 Å². The molecule has 0 aliphatic rings. The van der Waals surface area contributed by atoms with Gasteiger partial charge < -0.3 is 5.73 Å². The maximum Gasteiger partial charge on any atom is 0.180 e. The van der Waals surface area contributed by atoms with Crippen LogP contribution in [0.1, 0.15) is 43.4 Å². The molecule has 0 radical (unpaired) electrons. The molecule has 0 fully saturated rings. The summed E-state index contributed by atoms with van der Waals surface area (Å²) in [6.07, 6.45) is 4.23. The average Bonchev–Trinajstić information content (AvgIpc) is 2.70. The predicted octanol–water partition coefficient (Wildman–Crippen LogP) is 4.89. The maximum absolute atomic E-state index is 5.94. The lowest BCUT2D eigenvalue weighted by Gasteiger charge is -2.20. The average molecular weight is 383 g/mol. The van der Waals surface area contributed by atoms with Gasteiger partial charge in [0.15, 0.2) is 5.17 Å².